The largest absolute Gasteiger partial charge is 0.464 e. The summed E-state index contributed by atoms with van der Waals surface area (Å²) < 4.78 is 10.5. The highest BCUT2D eigenvalue weighted by molar-refractivity contribution is 7.40. The molecule has 0 aliphatic carbocycles. The van der Waals surface area contributed by atoms with Crippen LogP contribution in [0.4, 0.5) is 0 Å². The van der Waals surface area contributed by atoms with Crippen LogP contribution in [0.3, 0.4) is 0 Å². The summed E-state index contributed by atoms with van der Waals surface area (Å²) in [5.41, 5.74) is -0.450. The lowest BCUT2D eigenvalue weighted by Crippen LogP contribution is -2.36. The van der Waals surface area contributed by atoms with E-state index in [0.717, 1.165) is 6.42 Å². The minimum Gasteiger partial charge on any atom is -0.464 e. The summed E-state index contributed by atoms with van der Waals surface area (Å²) in [5, 5.41) is -0.480. The second-order valence-corrected chi connectivity index (χ2v) is 9.40. The number of hydrogen-bond donors (Lipinski definition) is 0. The molecule has 0 radical (unpaired) electrons. The molecule has 0 aromatic heterocycles. The van der Waals surface area contributed by atoms with Crippen LogP contribution in [0.5, 0.6) is 0 Å². The molecule has 0 fully saturated rings. The molecule has 0 spiro atoms. The van der Waals surface area contributed by atoms with E-state index in [1.54, 1.807) is 0 Å². The van der Waals surface area contributed by atoms with Crippen molar-refractivity contribution < 1.29 is 19.1 Å². The van der Waals surface area contributed by atoms with E-state index in [4.69, 9.17) is 9.47 Å². The van der Waals surface area contributed by atoms with Crippen molar-refractivity contribution in [2.45, 2.75) is 72.1 Å². The normalized spacial score (nSPS) is 15.8. The molecule has 0 aliphatic heterocycles. The number of hydrogen-bond acceptors (Lipinski definition) is 4. The molecular formula is C16H31O4P. The van der Waals surface area contributed by atoms with Crippen molar-refractivity contribution in [1.82, 2.24) is 0 Å². The van der Waals surface area contributed by atoms with Crippen LogP contribution in [0.1, 0.15) is 61.3 Å². The number of carbonyl (C=O) groups is 2. The average molecular weight is 318 g/mol. The van der Waals surface area contributed by atoms with Gasteiger partial charge in [0.1, 0.15) is 12.2 Å². The molecular weight excluding hydrogens is 287 g/mol. The Morgan fingerprint density at radius 2 is 1.52 bits per heavy atom. The smallest absolute Gasteiger partial charge is 0.315 e. The Morgan fingerprint density at radius 1 is 1.00 bits per heavy atom. The second kappa shape index (κ2) is 7.58. The molecule has 0 saturated heterocycles. The maximum Gasteiger partial charge on any atom is 0.315 e. The molecule has 21 heavy (non-hydrogen) atoms. The van der Waals surface area contributed by atoms with E-state index >= 15 is 0 Å². The van der Waals surface area contributed by atoms with Gasteiger partial charge in [0.15, 0.2) is 0 Å². The van der Waals surface area contributed by atoms with Crippen LogP contribution in [0.2, 0.25) is 0 Å². The highest BCUT2D eigenvalue weighted by Gasteiger charge is 2.37. The molecule has 0 saturated carbocycles. The van der Waals surface area contributed by atoms with Crippen LogP contribution >= 0.6 is 8.58 Å². The van der Waals surface area contributed by atoms with Gasteiger partial charge in [0.05, 0.1) is 11.6 Å². The molecule has 2 unspecified atom stereocenters. The fourth-order valence-corrected chi connectivity index (χ4v) is 3.09. The maximum absolute atomic E-state index is 12.3. The van der Waals surface area contributed by atoms with Gasteiger partial charge < -0.3 is 9.47 Å². The van der Waals surface area contributed by atoms with Crippen LogP contribution in [0.25, 0.3) is 0 Å². The first kappa shape index (κ1) is 20.4. The van der Waals surface area contributed by atoms with E-state index in [2.05, 4.69) is 20.8 Å². The predicted molar refractivity (Wildman–Crippen MR) is 88.1 cm³/mol. The third-order valence-electron chi connectivity index (χ3n) is 2.85. The van der Waals surface area contributed by atoms with E-state index in [0.29, 0.717) is 8.58 Å². The molecule has 0 aromatic rings. The number of ether oxygens (including phenoxy) is 2. The molecule has 2 atom stereocenters. The molecule has 0 N–H and O–H groups in total. The Morgan fingerprint density at radius 3 is 1.90 bits per heavy atom. The zero-order valence-electron chi connectivity index (χ0n) is 14.8. The first-order valence-corrected chi connectivity index (χ1v) is 8.87. The minimum absolute atomic E-state index is 0.0575. The van der Waals surface area contributed by atoms with E-state index < -0.39 is 10.8 Å². The van der Waals surface area contributed by atoms with E-state index in [9.17, 15) is 9.59 Å². The average Bonchev–Trinajstić information content (AvgIpc) is 2.23. The van der Waals surface area contributed by atoms with E-state index in [-0.39, 0.29) is 30.4 Å². The van der Waals surface area contributed by atoms with Gasteiger partial charge >= 0.3 is 11.9 Å². The molecule has 0 amide bonds. The van der Waals surface area contributed by atoms with E-state index in [1.807, 2.05) is 34.4 Å². The van der Waals surface area contributed by atoms with Gasteiger partial charge in [-0.05, 0) is 46.2 Å². The molecule has 124 valence electrons. The first-order chi connectivity index (χ1) is 9.29. The van der Waals surface area contributed by atoms with Crippen molar-refractivity contribution in [2.75, 3.05) is 13.3 Å². The summed E-state index contributed by atoms with van der Waals surface area (Å²) in [5.74, 6) is -0.561. The standard InChI is InChI=1S/C16H31O4P/c1-14(2,3)11-16(7,21-8)13(18)19-10-9-12(17)20-15(4,5)6/h21H,9-11H2,1-8H3. The van der Waals surface area contributed by atoms with Gasteiger partial charge in [0, 0.05) is 0 Å². The number of rotatable bonds is 6. The highest BCUT2D eigenvalue weighted by Crippen LogP contribution is 2.40. The van der Waals surface area contributed by atoms with Gasteiger partial charge in [0.2, 0.25) is 0 Å². The van der Waals surface area contributed by atoms with Gasteiger partial charge in [-0.1, -0.05) is 20.8 Å². The SMILES string of the molecule is CPC(C)(CC(C)(C)C)C(=O)OCCC(=O)OC(C)(C)C. The lowest BCUT2D eigenvalue weighted by atomic mass is 9.85. The Kier molecular flexibility index (Phi) is 7.35. The predicted octanol–water partition coefficient (Wildman–Crippen LogP) is 3.76. The molecule has 0 heterocycles. The monoisotopic (exact) mass is 318 g/mol. The zero-order valence-corrected chi connectivity index (χ0v) is 15.8. The third kappa shape index (κ3) is 9.08. The van der Waals surface area contributed by atoms with Crippen LogP contribution in [-0.4, -0.2) is 36.0 Å². The second-order valence-electron chi connectivity index (χ2n) is 7.79. The Bertz CT molecular complexity index is 365. The third-order valence-corrected chi connectivity index (χ3v) is 4.33. The van der Waals surface area contributed by atoms with Crippen LogP contribution < -0.4 is 0 Å². The van der Waals surface area contributed by atoms with Crippen LogP contribution in [0, 0.1) is 5.41 Å². The molecule has 0 aromatic carbocycles. The quantitative estimate of drug-likeness (QED) is 0.552. The molecule has 5 heteroatoms. The van der Waals surface area contributed by atoms with Crippen molar-refractivity contribution in [3.05, 3.63) is 0 Å². The van der Waals surface area contributed by atoms with Crippen molar-refractivity contribution in [1.29, 1.82) is 0 Å². The van der Waals surface area contributed by atoms with Gasteiger partial charge in [-0.3, -0.25) is 9.59 Å². The van der Waals surface area contributed by atoms with Crippen molar-refractivity contribution in [3.63, 3.8) is 0 Å². The molecule has 0 rings (SSSR count). The van der Waals surface area contributed by atoms with Crippen molar-refractivity contribution >= 4 is 20.5 Å². The highest BCUT2D eigenvalue weighted by atomic mass is 31.1. The topological polar surface area (TPSA) is 52.6 Å². The summed E-state index contributed by atoms with van der Waals surface area (Å²) in [6, 6.07) is 0. The molecule has 4 nitrogen and oxygen atoms in total. The Labute approximate surface area is 131 Å². The fourth-order valence-electron chi connectivity index (χ4n) is 2.10. The fraction of sp³-hybridized carbons (Fsp3) is 0.875. The van der Waals surface area contributed by atoms with Gasteiger partial charge in [-0.25, -0.2) is 0 Å². The summed E-state index contributed by atoms with van der Waals surface area (Å²) in [7, 11) is 0.462. The first-order valence-electron chi connectivity index (χ1n) is 7.37. The lowest BCUT2D eigenvalue weighted by molar-refractivity contribution is -0.158. The number of esters is 2. The molecule has 0 aliphatic rings. The summed E-state index contributed by atoms with van der Waals surface area (Å²) in [6.07, 6.45) is 0.863. The molecule has 0 bridgehead atoms. The maximum atomic E-state index is 12.3. The van der Waals surface area contributed by atoms with Crippen molar-refractivity contribution in [3.8, 4) is 0 Å². The number of carbonyl (C=O) groups excluding carboxylic acids is 2. The summed E-state index contributed by atoms with van der Waals surface area (Å²) >= 11 is 0. The van der Waals surface area contributed by atoms with Crippen LogP contribution in [0.15, 0.2) is 0 Å². The lowest BCUT2D eigenvalue weighted by Gasteiger charge is -2.32. The Hall–Kier alpha value is -0.630. The van der Waals surface area contributed by atoms with E-state index in [1.165, 1.54) is 0 Å². The van der Waals surface area contributed by atoms with Crippen LogP contribution in [-0.2, 0) is 19.1 Å². The zero-order chi connectivity index (χ0) is 16.9. The van der Waals surface area contributed by atoms with Gasteiger partial charge in [-0.15, -0.1) is 8.58 Å². The summed E-state index contributed by atoms with van der Waals surface area (Å²) in [4.78, 5) is 23.8. The van der Waals surface area contributed by atoms with Gasteiger partial charge in [0.25, 0.3) is 0 Å². The van der Waals surface area contributed by atoms with Gasteiger partial charge in [-0.2, -0.15) is 0 Å². The van der Waals surface area contributed by atoms with Crippen molar-refractivity contribution in [2.24, 2.45) is 5.41 Å². The minimum atomic E-state index is -0.507. The summed E-state index contributed by atoms with van der Waals surface area (Å²) in [6.45, 7) is 15.8. The Balaban J connectivity index is 4.38.